The van der Waals surface area contributed by atoms with Crippen LogP contribution in [0.2, 0.25) is 0 Å². The summed E-state index contributed by atoms with van der Waals surface area (Å²) in [5.74, 6) is -5.98. The van der Waals surface area contributed by atoms with Crippen LogP contribution in [0, 0.1) is 24.4 Å². The molecule has 1 heterocycles. The summed E-state index contributed by atoms with van der Waals surface area (Å²) in [4.78, 5) is 27.3. The fraction of sp³-hybridized carbons (Fsp3) is 0.310. The van der Waals surface area contributed by atoms with Gasteiger partial charge in [0.2, 0.25) is 0 Å². The van der Waals surface area contributed by atoms with Crippen molar-refractivity contribution in [2.75, 3.05) is 25.5 Å². The molecule has 4 rings (SSSR count). The summed E-state index contributed by atoms with van der Waals surface area (Å²) >= 11 is 0. The molecular formula is C29H27F6N3O4. The fourth-order valence-corrected chi connectivity index (χ4v) is 4.77. The van der Waals surface area contributed by atoms with E-state index in [1.165, 1.54) is 37.3 Å². The summed E-state index contributed by atoms with van der Waals surface area (Å²) in [6.45, 7) is 1.94. The molecule has 1 fully saturated rings. The lowest BCUT2D eigenvalue weighted by atomic mass is 9.84. The molecule has 13 heteroatoms. The minimum absolute atomic E-state index is 0.222. The topological polar surface area (TPSA) is 90.9 Å². The Balaban J connectivity index is 1.53. The van der Waals surface area contributed by atoms with E-state index >= 15 is 0 Å². The highest BCUT2D eigenvalue weighted by atomic mass is 19.4. The van der Waals surface area contributed by atoms with E-state index < -0.39 is 77.0 Å². The third kappa shape index (κ3) is 5.41. The monoisotopic (exact) mass is 595 g/mol. The Kier molecular flexibility index (Phi) is 8.29. The number of aliphatic hydroxyl groups is 1. The van der Waals surface area contributed by atoms with E-state index in [2.05, 4.69) is 10.6 Å². The molecule has 0 unspecified atom stereocenters. The van der Waals surface area contributed by atoms with Crippen LogP contribution in [0.15, 0.2) is 60.7 Å². The van der Waals surface area contributed by atoms with E-state index in [1.54, 1.807) is 6.92 Å². The molecule has 1 saturated heterocycles. The van der Waals surface area contributed by atoms with Gasteiger partial charge in [-0.2, -0.15) is 13.2 Å². The van der Waals surface area contributed by atoms with Crippen molar-refractivity contribution < 1.29 is 45.8 Å². The average molecular weight is 596 g/mol. The second kappa shape index (κ2) is 11.3. The number of aryl methyl sites for hydroxylation is 1. The minimum Gasteiger partial charge on any atom is -0.384 e. The summed E-state index contributed by atoms with van der Waals surface area (Å²) < 4.78 is 90.7. The first-order valence-electron chi connectivity index (χ1n) is 12.7. The van der Waals surface area contributed by atoms with Crippen LogP contribution in [0.1, 0.15) is 28.4 Å². The minimum atomic E-state index is -5.18. The lowest BCUT2D eigenvalue weighted by molar-refractivity contribution is -0.266. The number of likely N-dealkylation sites (tertiary alicyclic amines) is 1. The number of anilines is 2. The summed E-state index contributed by atoms with van der Waals surface area (Å²) in [5, 5.41) is 15.6. The quantitative estimate of drug-likeness (QED) is 0.321. The molecule has 3 aromatic rings. The van der Waals surface area contributed by atoms with Gasteiger partial charge in [0.1, 0.15) is 11.4 Å². The molecule has 1 aliphatic heterocycles. The van der Waals surface area contributed by atoms with E-state index in [-0.39, 0.29) is 11.3 Å². The van der Waals surface area contributed by atoms with Crippen LogP contribution >= 0.6 is 0 Å². The highest BCUT2D eigenvalue weighted by Gasteiger charge is 2.63. The van der Waals surface area contributed by atoms with Crippen molar-refractivity contribution >= 4 is 23.2 Å². The molecule has 0 spiro atoms. The number of nitrogens with one attached hydrogen (secondary N) is 2. The SMILES string of the molecule is CO[C@@](C(=O)N[C@@H](C)C1(O)CN(C(=O)c2ccc(F)c(F)c2Nc2ccc(C)cc2F)C1)(c1ccccc1)C(F)(F)F. The molecule has 3 N–H and O–H groups in total. The number of ether oxygens (including phenoxy) is 1. The second-order valence-electron chi connectivity index (χ2n) is 10.1. The zero-order valence-corrected chi connectivity index (χ0v) is 22.7. The number of rotatable bonds is 8. The molecule has 0 saturated carbocycles. The third-order valence-electron chi connectivity index (χ3n) is 7.29. The first kappa shape index (κ1) is 30.8. The van der Waals surface area contributed by atoms with Gasteiger partial charge in [-0.1, -0.05) is 36.4 Å². The summed E-state index contributed by atoms with van der Waals surface area (Å²) in [5.41, 5.74) is -6.41. The molecule has 0 aliphatic carbocycles. The van der Waals surface area contributed by atoms with Crippen LogP contribution < -0.4 is 10.6 Å². The van der Waals surface area contributed by atoms with Gasteiger partial charge in [-0.15, -0.1) is 0 Å². The normalized spacial score (nSPS) is 16.7. The largest absolute Gasteiger partial charge is 0.430 e. The van der Waals surface area contributed by atoms with Gasteiger partial charge in [0.25, 0.3) is 17.4 Å². The van der Waals surface area contributed by atoms with Gasteiger partial charge in [-0.25, -0.2) is 13.2 Å². The van der Waals surface area contributed by atoms with Crippen molar-refractivity contribution in [1.29, 1.82) is 0 Å². The summed E-state index contributed by atoms with van der Waals surface area (Å²) in [6, 6.07) is 10.6. The third-order valence-corrected chi connectivity index (χ3v) is 7.29. The van der Waals surface area contributed by atoms with Crippen molar-refractivity contribution in [3.63, 3.8) is 0 Å². The Morgan fingerprint density at radius 3 is 2.21 bits per heavy atom. The van der Waals surface area contributed by atoms with Gasteiger partial charge in [-0.05, 0) is 43.7 Å². The Morgan fingerprint density at radius 1 is 1.00 bits per heavy atom. The Labute approximate surface area is 237 Å². The molecule has 3 aromatic carbocycles. The number of alkyl halides is 3. The number of hydrogen-bond donors (Lipinski definition) is 3. The fourth-order valence-electron chi connectivity index (χ4n) is 4.77. The number of amides is 2. The van der Waals surface area contributed by atoms with Crippen LogP contribution in [-0.4, -0.2) is 59.8 Å². The van der Waals surface area contributed by atoms with Gasteiger partial charge in [0, 0.05) is 12.7 Å². The molecule has 2 amide bonds. The maximum atomic E-state index is 14.8. The second-order valence-corrected chi connectivity index (χ2v) is 10.1. The highest BCUT2D eigenvalue weighted by Crippen LogP contribution is 2.42. The number of carbonyl (C=O) groups is 2. The first-order valence-corrected chi connectivity index (χ1v) is 12.7. The van der Waals surface area contributed by atoms with Crippen molar-refractivity contribution in [3.05, 3.63) is 94.8 Å². The molecule has 0 bridgehead atoms. The van der Waals surface area contributed by atoms with Crippen molar-refractivity contribution in [3.8, 4) is 0 Å². The molecule has 0 aromatic heterocycles. The zero-order chi connectivity index (χ0) is 31.0. The molecule has 1 aliphatic rings. The van der Waals surface area contributed by atoms with Crippen LogP contribution in [0.5, 0.6) is 0 Å². The number of methoxy groups -OCH3 is 1. The van der Waals surface area contributed by atoms with Crippen LogP contribution in [-0.2, 0) is 15.1 Å². The maximum Gasteiger partial charge on any atom is 0.430 e. The Hall–Kier alpha value is -4.10. The van der Waals surface area contributed by atoms with E-state index in [4.69, 9.17) is 4.74 Å². The van der Waals surface area contributed by atoms with Gasteiger partial charge in [0.05, 0.1) is 36.1 Å². The first-order chi connectivity index (χ1) is 19.6. The number of carbonyl (C=O) groups excluding carboxylic acids is 2. The summed E-state index contributed by atoms with van der Waals surface area (Å²) in [7, 11) is 0.735. The molecule has 7 nitrogen and oxygen atoms in total. The lowest BCUT2D eigenvalue weighted by Crippen LogP contribution is -2.72. The predicted molar refractivity (Wildman–Crippen MR) is 140 cm³/mol. The maximum absolute atomic E-state index is 14.8. The van der Waals surface area contributed by atoms with Gasteiger partial charge in [0.15, 0.2) is 11.6 Å². The number of benzene rings is 3. The standard InChI is InChI=1S/C29H27F6N3O4/c1-16-9-12-22(21(31)13-16)37-24-19(10-11-20(30)23(24)32)25(39)38-14-27(41,15-38)17(2)36-26(40)28(42-3,29(33,34)35)18-7-5-4-6-8-18/h4-13,17,37,41H,14-15H2,1-3H3,(H,36,40)/t17-,28+/m0/s1. The van der Waals surface area contributed by atoms with E-state index in [0.29, 0.717) is 11.6 Å². The number of nitrogens with zero attached hydrogens (tertiary/aromatic N) is 1. The number of hydrogen-bond acceptors (Lipinski definition) is 5. The van der Waals surface area contributed by atoms with E-state index in [9.17, 15) is 41.0 Å². The van der Waals surface area contributed by atoms with Crippen LogP contribution in [0.4, 0.5) is 37.7 Å². The molecule has 0 radical (unpaired) electrons. The number of β-amino-alcohol motifs (C(OH)–C–C–N with tert-alkyl or cyclic N) is 1. The van der Waals surface area contributed by atoms with Crippen LogP contribution in [0.3, 0.4) is 0 Å². The lowest BCUT2D eigenvalue weighted by Gasteiger charge is -2.50. The number of halogens is 6. The Bertz CT molecular complexity index is 1490. The smallest absolute Gasteiger partial charge is 0.384 e. The van der Waals surface area contributed by atoms with Crippen molar-refractivity contribution in [2.24, 2.45) is 0 Å². The highest BCUT2D eigenvalue weighted by molar-refractivity contribution is 6.01. The molecule has 224 valence electrons. The van der Waals surface area contributed by atoms with Gasteiger partial charge < -0.3 is 25.4 Å². The van der Waals surface area contributed by atoms with Crippen molar-refractivity contribution in [1.82, 2.24) is 10.2 Å². The van der Waals surface area contributed by atoms with E-state index in [0.717, 1.165) is 36.3 Å². The average Bonchev–Trinajstić information content (AvgIpc) is 2.91. The summed E-state index contributed by atoms with van der Waals surface area (Å²) in [6.07, 6.45) is -5.18. The van der Waals surface area contributed by atoms with Crippen molar-refractivity contribution in [2.45, 2.75) is 37.3 Å². The van der Waals surface area contributed by atoms with Crippen LogP contribution in [0.25, 0.3) is 0 Å². The predicted octanol–water partition coefficient (Wildman–Crippen LogP) is 4.95. The molecule has 2 atom stereocenters. The Morgan fingerprint density at radius 2 is 1.64 bits per heavy atom. The molecular weight excluding hydrogens is 568 g/mol. The zero-order valence-electron chi connectivity index (χ0n) is 22.7. The van der Waals surface area contributed by atoms with Gasteiger partial charge in [-0.3, -0.25) is 9.59 Å². The van der Waals surface area contributed by atoms with E-state index in [1.807, 2.05) is 0 Å². The van der Waals surface area contributed by atoms with Gasteiger partial charge >= 0.3 is 6.18 Å². The molecule has 42 heavy (non-hydrogen) atoms.